The number of benzene rings is 2. The van der Waals surface area contributed by atoms with Gasteiger partial charge in [-0.05, 0) is 48.6 Å². The monoisotopic (exact) mass is 348 g/mol. The molecule has 1 heterocycles. The number of hydrogen-bond donors (Lipinski definition) is 1. The molecule has 1 amide bonds. The highest BCUT2D eigenvalue weighted by atomic mass is 16.5. The van der Waals surface area contributed by atoms with Crippen LogP contribution in [0.15, 0.2) is 60.8 Å². The van der Waals surface area contributed by atoms with E-state index in [1.165, 1.54) is 11.0 Å². The van der Waals surface area contributed by atoms with Crippen molar-refractivity contribution in [2.45, 2.75) is 18.9 Å². The fraction of sp³-hybridized carbons (Fsp3) is 0.250. The lowest BCUT2D eigenvalue weighted by atomic mass is 10.0. The van der Waals surface area contributed by atoms with Crippen LogP contribution >= 0.6 is 0 Å². The summed E-state index contributed by atoms with van der Waals surface area (Å²) in [4.78, 5) is 14.1. The summed E-state index contributed by atoms with van der Waals surface area (Å²) in [6, 6.07) is 17.4. The molecule has 1 fully saturated rings. The van der Waals surface area contributed by atoms with Crippen LogP contribution in [0.4, 0.5) is 0 Å². The highest BCUT2D eigenvalue weighted by Crippen LogP contribution is 2.41. The van der Waals surface area contributed by atoms with Gasteiger partial charge in [0.15, 0.2) is 5.69 Å². The van der Waals surface area contributed by atoms with Crippen molar-refractivity contribution in [3.63, 3.8) is 0 Å². The largest absolute Gasteiger partial charge is 0.497 e. The molecular formula is C20H20N4O2. The topological polar surface area (TPSA) is 69.0 Å². The van der Waals surface area contributed by atoms with Crippen molar-refractivity contribution in [2.24, 2.45) is 5.92 Å². The van der Waals surface area contributed by atoms with E-state index in [2.05, 4.69) is 15.5 Å². The van der Waals surface area contributed by atoms with Crippen LogP contribution in [0.25, 0.3) is 5.69 Å². The molecule has 0 radical (unpaired) electrons. The molecule has 0 bridgehead atoms. The third-order valence-corrected chi connectivity index (χ3v) is 4.57. The van der Waals surface area contributed by atoms with Gasteiger partial charge in [0.05, 0.1) is 25.0 Å². The summed E-state index contributed by atoms with van der Waals surface area (Å²) in [5, 5.41) is 11.6. The van der Waals surface area contributed by atoms with Gasteiger partial charge in [-0.15, -0.1) is 5.10 Å². The maximum absolute atomic E-state index is 12.7. The first-order valence-corrected chi connectivity index (χ1v) is 8.67. The second-order valence-corrected chi connectivity index (χ2v) is 6.42. The van der Waals surface area contributed by atoms with Crippen molar-refractivity contribution in [3.05, 3.63) is 72.1 Å². The number of para-hydroxylation sites is 1. The molecule has 26 heavy (non-hydrogen) atoms. The van der Waals surface area contributed by atoms with E-state index in [-0.39, 0.29) is 11.9 Å². The Kier molecular flexibility index (Phi) is 4.39. The van der Waals surface area contributed by atoms with Crippen molar-refractivity contribution in [1.29, 1.82) is 0 Å². The molecule has 0 aliphatic heterocycles. The summed E-state index contributed by atoms with van der Waals surface area (Å²) in [6.07, 6.45) is 3.74. The van der Waals surface area contributed by atoms with Crippen LogP contribution in [0.1, 0.15) is 34.9 Å². The van der Waals surface area contributed by atoms with Gasteiger partial charge in [-0.2, -0.15) is 9.90 Å². The number of nitrogens with one attached hydrogen (secondary N) is 1. The first kappa shape index (κ1) is 16.3. The summed E-state index contributed by atoms with van der Waals surface area (Å²) >= 11 is 0. The van der Waals surface area contributed by atoms with Gasteiger partial charge >= 0.3 is 0 Å². The average molecular weight is 348 g/mol. The molecule has 1 N–H and O–H groups in total. The van der Waals surface area contributed by atoms with Gasteiger partial charge in [-0.25, -0.2) is 0 Å². The number of methoxy groups -OCH3 is 1. The molecule has 1 atom stereocenters. The van der Waals surface area contributed by atoms with E-state index < -0.39 is 0 Å². The zero-order chi connectivity index (χ0) is 17.9. The Labute approximate surface area is 151 Å². The molecule has 1 aliphatic rings. The minimum Gasteiger partial charge on any atom is -0.497 e. The van der Waals surface area contributed by atoms with E-state index >= 15 is 0 Å². The number of rotatable bonds is 6. The van der Waals surface area contributed by atoms with E-state index in [4.69, 9.17) is 4.74 Å². The molecule has 6 nitrogen and oxygen atoms in total. The Morgan fingerprint density at radius 2 is 1.88 bits per heavy atom. The number of carbonyl (C=O) groups is 1. The van der Waals surface area contributed by atoms with Gasteiger partial charge in [-0.3, -0.25) is 4.79 Å². The molecule has 6 heteroatoms. The van der Waals surface area contributed by atoms with Crippen LogP contribution in [0.2, 0.25) is 0 Å². The van der Waals surface area contributed by atoms with Crippen LogP contribution in [0, 0.1) is 5.92 Å². The van der Waals surface area contributed by atoms with Gasteiger partial charge in [-0.1, -0.05) is 30.3 Å². The second kappa shape index (κ2) is 7.00. The summed E-state index contributed by atoms with van der Waals surface area (Å²) in [5.74, 6) is 1.07. The SMILES string of the molecule is COc1ccc(C(NC(=O)c2cnn(-c3ccccc3)n2)C2CC2)cc1. The van der Waals surface area contributed by atoms with E-state index in [9.17, 15) is 4.79 Å². The minimum atomic E-state index is -0.208. The van der Waals surface area contributed by atoms with E-state index in [1.807, 2.05) is 54.6 Å². The van der Waals surface area contributed by atoms with E-state index in [0.29, 0.717) is 11.6 Å². The maximum atomic E-state index is 12.7. The second-order valence-electron chi connectivity index (χ2n) is 6.42. The molecule has 1 unspecified atom stereocenters. The lowest BCUT2D eigenvalue weighted by Gasteiger charge is -2.18. The van der Waals surface area contributed by atoms with Crippen molar-refractivity contribution in [2.75, 3.05) is 7.11 Å². The predicted molar refractivity (Wildman–Crippen MR) is 97.3 cm³/mol. The Bertz CT molecular complexity index is 886. The Morgan fingerprint density at radius 1 is 1.15 bits per heavy atom. The lowest BCUT2D eigenvalue weighted by molar-refractivity contribution is 0.0926. The number of hydrogen-bond acceptors (Lipinski definition) is 4. The van der Waals surface area contributed by atoms with Crippen LogP contribution in [0.3, 0.4) is 0 Å². The smallest absolute Gasteiger partial charge is 0.273 e. The Morgan fingerprint density at radius 3 is 2.54 bits per heavy atom. The van der Waals surface area contributed by atoms with Crippen molar-refractivity contribution in [1.82, 2.24) is 20.3 Å². The number of carbonyl (C=O) groups excluding carboxylic acids is 1. The summed E-state index contributed by atoms with van der Waals surface area (Å²) in [7, 11) is 1.64. The number of amides is 1. The maximum Gasteiger partial charge on any atom is 0.273 e. The molecule has 3 aromatic rings. The van der Waals surface area contributed by atoms with Crippen molar-refractivity contribution in [3.8, 4) is 11.4 Å². The summed E-state index contributed by atoms with van der Waals surface area (Å²) < 4.78 is 5.21. The van der Waals surface area contributed by atoms with Crippen LogP contribution in [-0.2, 0) is 0 Å². The van der Waals surface area contributed by atoms with Gasteiger partial charge in [0, 0.05) is 0 Å². The fourth-order valence-electron chi connectivity index (χ4n) is 2.98. The number of nitrogens with zero attached hydrogens (tertiary/aromatic N) is 3. The number of aromatic nitrogens is 3. The normalized spacial score (nSPS) is 14.7. The van der Waals surface area contributed by atoms with Crippen molar-refractivity contribution < 1.29 is 9.53 Å². The van der Waals surface area contributed by atoms with Gasteiger partial charge in [0.1, 0.15) is 5.75 Å². The molecule has 2 aromatic carbocycles. The molecular weight excluding hydrogens is 328 g/mol. The average Bonchev–Trinajstić information content (AvgIpc) is 3.42. The molecule has 132 valence electrons. The zero-order valence-corrected chi connectivity index (χ0v) is 14.5. The van der Waals surface area contributed by atoms with Gasteiger partial charge < -0.3 is 10.1 Å². The van der Waals surface area contributed by atoms with Crippen LogP contribution in [-0.4, -0.2) is 28.0 Å². The summed E-state index contributed by atoms with van der Waals surface area (Å²) in [5.41, 5.74) is 2.21. The molecule has 0 saturated heterocycles. The first-order chi connectivity index (χ1) is 12.7. The summed E-state index contributed by atoms with van der Waals surface area (Å²) in [6.45, 7) is 0. The van der Waals surface area contributed by atoms with Crippen molar-refractivity contribution >= 4 is 5.91 Å². The third kappa shape index (κ3) is 3.44. The van der Waals surface area contributed by atoms with E-state index in [0.717, 1.165) is 29.8 Å². The molecule has 1 aromatic heterocycles. The minimum absolute atomic E-state index is 0.0183. The standard InChI is InChI=1S/C20H20N4O2/c1-26-17-11-9-15(10-12-17)19(14-7-8-14)22-20(25)18-13-21-24(23-18)16-5-3-2-4-6-16/h2-6,9-14,19H,7-8H2,1H3,(H,22,25). The zero-order valence-electron chi connectivity index (χ0n) is 14.5. The van der Waals surface area contributed by atoms with Crippen LogP contribution < -0.4 is 10.1 Å². The molecule has 0 spiro atoms. The van der Waals surface area contributed by atoms with Crippen LogP contribution in [0.5, 0.6) is 5.75 Å². The first-order valence-electron chi connectivity index (χ1n) is 8.67. The van der Waals surface area contributed by atoms with E-state index in [1.54, 1.807) is 7.11 Å². The third-order valence-electron chi connectivity index (χ3n) is 4.57. The van der Waals surface area contributed by atoms with Gasteiger partial charge in [0.25, 0.3) is 5.91 Å². The quantitative estimate of drug-likeness (QED) is 0.743. The molecule has 1 saturated carbocycles. The predicted octanol–water partition coefficient (Wildman–Crippen LogP) is 3.16. The highest BCUT2D eigenvalue weighted by Gasteiger charge is 2.34. The highest BCUT2D eigenvalue weighted by molar-refractivity contribution is 5.92. The van der Waals surface area contributed by atoms with Gasteiger partial charge in [0.2, 0.25) is 0 Å². The molecule has 1 aliphatic carbocycles. The Balaban J connectivity index is 1.51. The number of ether oxygens (including phenoxy) is 1. The molecule has 4 rings (SSSR count). The Hall–Kier alpha value is -3.15. The fourth-order valence-corrected chi connectivity index (χ4v) is 2.98. The lowest BCUT2D eigenvalue weighted by Crippen LogP contribution is -2.30.